The van der Waals surface area contributed by atoms with Gasteiger partial charge in [-0.2, -0.15) is 0 Å². The molecule has 1 heterocycles. The minimum Gasteiger partial charge on any atom is -0.444 e. The quantitative estimate of drug-likeness (QED) is 0.419. The van der Waals surface area contributed by atoms with Gasteiger partial charge in [0, 0.05) is 35.9 Å². The largest absolute Gasteiger partial charge is 0.444 e. The normalized spacial score (nSPS) is 19.9. The Morgan fingerprint density at radius 1 is 0.972 bits per heavy atom. The number of hydrogen-bond acceptors (Lipinski definition) is 5. The van der Waals surface area contributed by atoms with E-state index >= 15 is 0 Å². The molecule has 7 nitrogen and oxygen atoms in total. The Morgan fingerprint density at radius 3 is 2.19 bits per heavy atom. The predicted molar refractivity (Wildman–Crippen MR) is 146 cm³/mol. The number of carbonyl (C=O) groups excluding carboxylic acids is 2. The van der Waals surface area contributed by atoms with Gasteiger partial charge in [-0.3, -0.25) is 15.0 Å². The number of amides is 2. The van der Waals surface area contributed by atoms with Gasteiger partial charge >= 0.3 is 6.09 Å². The van der Waals surface area contributed by atoms with E-state index < -0.39 is 11.7 Å². The fraction of sp³-hybridized carbons (Fsp3) is 0.517. The van der Waals surface area contributed by atoms with Gasteiger partial charge in [0.1, 0.15) is 5.60 Å². The van der Waals surface area contributed by atoms with Gasteiger partial charge in [-0.05, 0) is 103 Å². The van der Waals surface area contributed by atoms with Gasteiger partial charge in [-0.1, -0.05) is 12.1 Å². The molecule has 1 saturated carbocycles. The number of benzene rings is 2. The molecule has 2 amide bonds. The number of hydrogen-bond donors (Lipinski definition) is 3. The lowest BCUT2D eigenvalue weighted by molar-refractivity contribution is 0.0635. The van der Waals surface area contributed by atoms with E-state index in [-0.39, 0.29) is 11.4 Å². The summed E-state index contributed by atoms with van der Waals surface area (Å²) in [5.41, 5.74) is 2.15. The van der Waals surface area contributed by atoms with Crippen LogP contribution < -0.4 is 16.0 Å². The van der Waals surface area contributed by atoms with Crippen LogP contribution in [-0.4, -0.2) is 47.2 Å². The molecule has 1 unspecified atom stereocenters. The first kappa shape index (κ1) is 26.0. The van der Waals surface area contributed by atoms with Gasteiger partial charge < -0.3 is 15.4 Å². The first-order valence-electron chi connectivity index (χ1n) is 13.0. The van der Waals surface area contributed by atoms with Gasteiger partial charge in [0.15, 0.2) is 0 Å². The Balaban J connectivity index is 1.33. The third kappa shape index (κ3) is 7.23. The molecule has 1 aliphatic heterocycles. The van der Waals surface area contributed by atoms with Gasteiger partial charge in [0.25, 0.3) is 5.91 Å². The number of likely N-dealkylation sites (tertiary alicyclic amines) is 1. The van der Waals surface area contributed by atoms with Crippen LogP contribution in [0.4, 0.5) is 21.9 Å². The third-order valence-electron chi connectivity index (χ3n) is 6.85. The monoisotopic (exact) mass is 492 g/mol. The number of para-hydroxylation sites is 2. The number of anilines is 3. The van der Waals surface area contributed by atoms with E-state index in [2.05, 4.69) is 34.7 Å². The molecular weight excluding hydrogens is 452 g/mol. The highest BCUT2D eigenvalue weighted by Gasteiger charge is 2.37. The van der Waals surface area contributed by atoms with Gasteiger partial charge in [-0.25, -0.2) is 4.79 Å². The maximum absolute atomic E-state index is 12.9. The smallest absolute Gasteiger partial charge is 0.412 e. The standard InChI is InChI=1S/C29H40N4O3/c1-28(2,3)36-27(35)32-25-9-7-6-8-24(25)31-26(34)21-12-14-22(15-13-21)30-23-16-17-33(19-20-10-11-20)29(4,5)18-23/h6-9,12-15,20,23,30H,10-11,16-19H2,1-5H3,(H,31,34)(H,32,35). The Kier molecular flexibility index (Phi) is 7.59. The minimum atomic E-state index is -0.610. The van der Waals surface area contributed by atoms with Crippen molar-refractivity contribution in [3.63, 3.8) is 0 Å². The van der Waals surface area contributed by atoms with Crippen LogP contribution in [0.3, 0.4) is 0 Å². The number of nitrogens with one attached hydrogen (secondary N) is 3. The Morgan fingerprint density at radius 2 is 1.61 bits per heavy atom. The van der Waals surface area contributed by atoms with Crippen LogP contribution in [0.1, 0.15) is 70.7 Å². The molecule has 36 heavy (non-hydrogen) atoms. The van der Waals surface area contributed by atoms with E-state index in [1.807, 2.05) is 24.3 Å². The topological polar surface area (TPSA) is 82.7 Å². The van der Waals surface area contributed by atoms with Gasteiger partial charge in [0.05, 0.1) is 11.4 Å². The van der Waals surface area contributed by atoms with Crippen molar-refractivity contribution in [2.75, 3.05) is 29.0 Å². The highest BCUT2D eigenvalue weighted by atomic mass is 16.6. The lowest BCUT2D eigenvalue weighted by Crippen LogP contribution is -2.53. The van der Waals surface area contributed by atoms with E-state index in [1.54, 1.807) is 45.0 Å². The SMILES string of the molecule is CC(C)(C)OC(=O)Nc1ccccc1NC(=O)c1ccc(NC2CCN(CC3CC3)C(C)(C)C2)cc1. The Bertz CT molecular complexity index is 1070. The summed E-state index contributed by atoms with van der Waals surface area (Å²) in [7, 11) is 0. The van der Waals surface area contributed by atoms with Crippen molar-refractivity contribution >= 4 is 29.1 Å². The molecule has 2 aliphatic rings. The number of rotatable bonds is 7. The summed E-state index contributed by atoms with van der Waals surface area (Å²) in [6.45, 7) is 12.5. The highest BCUT2D eigenvalue weighted by molar-refractivity contribution is 6.07. The summed E-state index contributed by atoms with van der Waals surface area (Å²) in [4.78, 5) is 27.8. The van der Waals surface area contributed by atoms with Gasteiger partial charge in [0.2, 0.25) is 0 Å². The zero-order valence-electron chi connectivity index (χ0n) is 22.2. The lowest BCUT2D eigenvalue weighted by Gasteiger charge is -2.46. The average molecular weight is 493 g/mol. The summed E-state index contributed by atoms with van der Waals surface area (Å²) in [5, 5.41) is 9.28. The van der Waals surface area contributed by atoms with Crippen LogP contribution in [0.2, 0.25) is 0 Å². The van der Waals surface area contributed by atoms with Crippen LogP contribution in [-0.2, 0) is 4.74 Å². The number of piperidine rings is 1. The van der Waals surface area contributed by atoms with E-state index in [4.69, 9.17) is 4.74 Å². The molecule has 1 aliphatic carbocycles. The van der Waals surface area contributed by atoms with Crippen molar-refractivity contribution in [1.82, 2.24) is 4.90 Å². The van der Waals surface area contributed by atoms with E-state index in [9.17, 15) is 9.59 Å². The fourth-order valence-electron chi connectivity index (χ4n) is 4.78. The van der Waals surface area contributed by atoms with Crippen LogP contribution in [0.5, 0.6) is 0 Å². The first-order valence-corrected chi connectivity index (χ1v) is 13.0. The third-order valence-corrected chi connectivity index (χ3v) is 6.85. The van der Waals surface area contributed by atoms with Crippen molar-refractivity contribution in [2.45, 2.75) is 77.5 Å². The van der Waals surface area contributed by atoms with E-state index in [0.717, 1.165) is 31.0 Å². The van der Waals surface area contributed by atoms with Crippen molar-refractivity contribution in [3.8, 4) is 0 Å². The van der Waals surface area contributed by atoms with E-state index in [1.165, 1.54) is 19.4 Å². The molecule has 0 aromatic heterocycles. The summed E-state index contributed by atoms with van der Waals surface area (Å²) < 4.78 is 5.33. The van der Waals surface area contributed by atoms with Gasteiger partial charge in [-0.15, -0.1) is 0 Å². The van der Waals surface area contributed by atoms with Crippen LogP contribution in [0.15, 0.2) is 48.5 Å². The first-order chi connectivity index (χ1) is 17.0. The minimum absolute atomic E-state index is 0.194. The van der Waals surface area contributed by atoms with Crippen molar-refractivity contribution < 1.29 is 14.3 Å². The highest BCUT2D eigenvalue weighted by Crippen LogP contribution is 2.36. The molecule has 7 heteroatoms. The molecule has 0 bridgehead atoms. The maximum atomic E-state index is 12.9. The molecule has 2 fully saturated rings. The summed E-state index contributed by atoms with van der Waals surface area (Å²) in [6.07, 6.45) is 4.43. The fourth-order valence-corrected chi connectivity index (χ4v) is 4.78. The molecule has 2 aromatic rings. The Hall–Kier alpha value is -3.06. The number of nitrogens with zero attached hydrogens (tertiary/aromatic N) is 1. The zero-order chi connectivity index (χ0) is 25.9. The molecule has 3 N–H and O–H groups in total. The Labute approximate surface area is 215 Å². The van der Waals surface area contributed by atoms with Crippen molar-refractivity contribution in [1.29, 1.82) is 0 Å². The molecule has 0 spiro atoms. The van der Waals surface area contributed by atoms with Crippen LogP contribution >= 0.6 is 0 Å². The van der Waals surface area contributed by atoms with Crippen LogP contribution in [0.25, 0.3) is 0 Å². The molecule has 2 aromatic carbocycles. The second-order valence-corrected chi connectivity index (χ2v) is 11.7. The summed E-state index contributed by atoms with van der Waals surface area (Å²) in [5.74, 6) is 0.669. The van der Waals surface area contributed by atoms with Crippen molar-refractivity contribution in [3.05, 3.63) is 54.1 Å². The maximum Gasteiger partial charge on any atom is 0.412 e. The molecular formula is C29H40N4O3. The lowest BCUT2D eigenvalue weighted by atomic mass is 9.86. The summed E-state index contributed by atoms with van der Waals surface area (Å²) in [6, 6.07) is 15.1. The van der Waals surface area contributed by atoms with E-state index in [0.29, 0.717) is 23.0 Å². The molecule has 4 rings (SSSR count). The molecule has 1 atom stereocenters. The second kappa shape index (κ2) is 10.5. The predicted octanol–water partition coefficient (Wildman–Crippen LogP) is 6.35. The number of carbonyl (C=O) groups is 2. The second-order valence-electron chi connectivity index (χ2n) is 11.7. The number of ether oxygens (including phenoxy) is 1. The molecule has 0 radical (unpaired) electrons. The average Bonchev–Trinajstić information content (AvgIpc) is 3.60. The molecule has 194 valence electrons. The summed E-state index contributed by atoms with van der Waals surface area (Å²) >= 11 is 0. The van der Waals surface area contributed by atoms with Crippen molar-refractivity contribution in [2.24, 2.45) is 5.92 Å². The molecule has 1 saturated heterocycles. The zero-order valence-corrected chi connectivity index (χ0v) is 22.2. The van der Waals surface area contributed by atoms with Crippen LogP contribution in [0, 0.1) is 5.92 Å².